The molecule has 0 unspecified atom stereocenters. The summed E-state index contributed by atoms with van der Waals surface area (Å²) in [6.07, 6.45) is 5.03. The number of anilines is 3. The van der Waals surface area contributed by atoms with E-state index in [2.05, 4.69) is 21.3 Å². The molecule has 43 heavy (non-hydrogen) atoms. The lowest BCUT2D eigenvalue weighted by molar-refractivity contribution is -0.120. The Morgan fingerprint density at radius 3 is 1.65 bits per heavy atom. The Balaban J connectivity index is 1.38. The van der Waals surface area contributed by atoms with E-state index in [0.717, 1.165) is 5.56 Å². The van der Waals surface area contributed by atoms with Crippen LogP contribution in [0.4, 0.5) is 17.1 Å². The number of ether oxygens (including phenoxy) is 1. The van der Waals surface area contributed by atoms with Crippen molar-refractivity contribution in [3.05, 3.63) is 83.7 Å². The van der Waals surface area contributed by atoms with Crippen LogP contribution in [0.15, 0.2) is 61.1 Å². The fourth-order valence-corrected chi connectivity index (χ4v) is 4.43. The first-order valence-corrected chi connectivity index (χ1v) is 13.4. The third kappa shape index (κ3) is 7.58. The molecule has 4 N–H and O–H groups in total. The number of benzene rings is 1. The molecule has 4 rings (SSSR count). The predicted octanol–water partition coefficient (Wildman–Crippen LogP) is 3.06. The first-order chi connectivity index (χ1) is 20.4. The zero-order chi connectivity index (χ0) is 31.3. The lowest BCUT2D eigenvalue weighted by Crippen LogP contribution is -2.24. The zero-order valence-corrected chi connectivity index (χ0v) is 24.5. The Morgan fingerprint density at radius 1 is 0.698 bits per heavy atom. The van der Waals surface area contributed by atoms with Gasteiger partial charge in [0.25, 0.3) is 11.8 Å². The van der Waals surface area contributed by atoms with E-state index in [1.807, 2.05) is 6.92 Å². The maximum Gasteiger partial charge on any atom is 0.360 e. The van der Waals surface area contributed by atoms with Crippen molar-refractivity contribution in [2.45, 2.75) is 20.3 Å². The lowest BCUT2D eigenvalue weighted by Gasteiger charge is -2.06. The smallest absolute Gasteiger partial charge is 0.360 e. The number of aryl methyl sites for hydroxylation is 3. The van der Waals surface area contributed by atoms with E-state index < -0.39 is 17.8 Å². The number of amides is 4. The number of rotatable bonds is 10. The molecule has 0 fully saturated rings. The SMILES string of the molecule is CCNC(=O)Cc1ccc(OC(=O)c2cc(NC(=O)c3cc(NC(=O)c4cc(NC(C)=O)cn4C)cn3C)cn2C)cc1. The molecule has 0 atom stereocenters. The third-order valence-electron chi connectivity index (χ3n) is 6.40. The first-order valence-electron chi connectivity index (χ1n) is 13.4. The summed E-state index contributed by atoms with van der Waals surface area (Å²) < 4.78 is 10.2. The number of nitrogens with one attached hydrogen (secondary N) is 4. The van der Waals surface area contributed by atoms with Crippen molar-refractivity contribution in [3.8, 4) is 5.75 Å². The second-order valence-electron chi connectivity index (χ2n) is 9.93. The lowest BCUT2D eigenvalue weighted by atomic mass is 10.1. The predicted molar refractivity (Wildman–Crippen MR) is 160 cm³/mol. The van der Waals surface area contributed by atoms with Crippen LogP contribution in [0.1, 0.15) is 50.9 Å². The van der Waals surface area contributed by atoms with Gasteiger partial charge in [0, 0.05) is 53.2 Å². The molecule has 13 heteroatoms. The number of carbonyl (C=O) groups is 5. The summed E-state index contributed by atoms with van der Waals surface area (Å²) in [7, 11) is 5.00. The van der Waals surface area contributed by atoms with Crippen LogP contribution >= 0.6 is 0 Å². The molecule has 0 bridgehead atoms. The van der Waals surface area contributed by atoms with E-state index in [4.69, 9.17) is 4.74 Å². The highest BCUT2D eigenvalue weighted by molar-refractivity contribution is 6.07. The van der Waals surface area contributed by atoms with Gasteiger partial charge in [-0.15, -0.1) is 0 Å². The number of esters is 1. The summed E-state index contributed by atoms with van der Waals surface area (Å²) in [5.74, 6) is -1.52. The van der Waals surface area contributed by atoms with Crippen molar-refractivity contribution in [3.63, 3.8) is 0 Å². The van der Waals surface area contributed by atoms with Crippen LogP contribution in [0.5, 0.6) is 5.75 Å². The summed E-state index contributed by atoms with van der Waals surface area (Å²) in [5.41, 5.74) is 2.84. The standard InChI is InChI=1S/C30H33N7O6/c1-6-31-27(39)11-19-7-9-23(10-8-19)43-30(42)26-14-22(17-37(26)5)34-29(41)25-13-21(16-36(25)4)33-28(40)24-12-20(15-35(24)3)32-18(2)38/h7-10,12-17H,6,11H2,1-5H3,(H,31,39)(H,32,38)(H,33,40)(H,34,41). The molecule has 3 heterocycles. The Morgan fingerprint density at radius 2 is 1.16 bits per heavy atom. The molecule has 0 radical (unpaired) electrons. The molecular weight excluding hydrogens is 554 g/mol. The molecule has 13 nitrogen and oxygen atoms in total. The van der Waals surface area contributed by atoms with Crippen molar-refractivity contribution in [1.82, 2.24) is 19.0 Å². The van der Waals surface area contributed by atoms with E-state index >= 15 is 0 Å². The third-order valence-corrected chi connectivity index (χ3v) is 6.40. The summed E-state index contributed by atoms with van der Waals surface area (Å²) in [6.45, 7) is 3.78. The van der Waals surface area contributed by atoms with E-state index in [9.17, 15) is 24.0 Å². The van der Waals surface area contributed by atoms with Crippen LogP contribution in [0.2, 0.25) is 0 Å². The second kappa shape index (κ2) is 12.9. The van der Waals surface area contributed by atoms with E-state index in [-0.39, 0.29) is 29.6 Å². The Labute approximate surface area is 247 Å². The number of carbonyl (C=O) groups excluding carboxylic acids is 5. The largest absolute Gasteiger partial charge is 0.422 e. The Bertz CT molecular complexity index is 1690. The van der Waals surface area contributed by atoms with Gasteiger partial charge in [0.2, 0.25) is 11.8 Å². The van der Waals surface area contributed by atoms with E-state index in [1.54, 1.807) is 79.2 Å². The van der Waals surface area contributed by atoms with Crippen molar-refractivity contribution in [1.29, 1.82) is 0 Å². The Kier molecular flexibility index (Phi) is 9.14. The van der Waals surface area contributed by atoms with Gasteiger partial charge in [0.05, 0.1) is 23.5 Å². The highest BCUT2D eigenvalue weighted by Gasteiger charge is 2.19. The van der Waals surface area contributed by atoms with Crippen molar-refractivity contribution < 1.29 is 28.7 Å². The van der Waals surface area contributed by atoms with Gasteiger partial charge in [-0.2, -0.15) is 0 Å². The number of nitrogens with zero attached hydrogens (tertiary/aromatic N) is 3. The van der Waals surface area contributed by atoms with E-state index in [1.165, 1.54) is 23.6 Å². The summed E-state index contributed by atoms with van der Waals surface area (Å²) >= 11 is 0. The van der Waals surface area contributed by atoms with Crippen LogP contribution < -0.4 is 26.0 Å². The van der Waals surface area contributed by atoms with Crippen molar-refractivity contribution in [2.75, 3.05) is 22.5 Å². The minimum absolute atomic E-state index is 0.0904. The zero-order valence-electron chi connectivity index (χ0n) is 24.5. The van der Waals surface area contributed by atoms with Crippen LogP contribution in [0.3, 0.4) is 0 Å². The molecule has 0 aliphatic heterocycles. The van der Waals surface area contributed by atoms with Crippen LogP contribution in [-0.2, 0) is 37.2 Å². The van der Waals surface area contributed by atoms with Gasteiger partial charge >= 0.3 is 5.97 Å². The average molecular weight is 588 g/mol. The van der Waals surface area contributed by atoms with Gasteiger partial charge in [-0.25, -0.2) is 4.79 Å². The Hall–Kier alpha value is -5.59. The van der Waals surface area contributed by atoms with E-state index in [0.29, 0.717) is 35.1 Å². The van der Waals surface area contributed by atoms with Crippen molar-refractivity contribution in [2.24, 2.45) is 21.1 Å². The van der Waals surface area contributed by atoms with Gasteiger partial charge < -0.3 is 39.7 Å². The van der Waals surface area contributed by atoms with Gasteiger partial charge in [-0.3, -0.25) is 19.2 Å². The fraction of sp³-hybridized carbons (Fsp3) is 0.233. The number of likely N-dealkylation sites (N-methyl/N-ethyl adjacent to an activating group) is 1. The quantitative estimate of drug-likeness (QED) is 0.165. The molecule has 0 saturated heterocycles. The molecule has 0 saturated carbocycles. The van der Waals surface area contributed by atoms with Gasteiger partial charge in [0.15, 0.2) is 0 Å². The molecule has 224 valence electrons. The normalized spacial score (nSPS) is 10.6. The molecular formula is C30H33N7O6. The van der Waals surface area contributed by atoms with Crippen LogP contribution in [-0.4, -0.2) is 49.8 Å². The summed E-state index contributed by atoms with van der Waals surface area (Å²) in [4.78, 5) is 61.8. The minimum atomic E-state index is -0.620. The monoisotopic (exact) mass is 587 g/mol. The molecule has 1 aromatic carbocycles. The number of hydrogen-bond donors (Lipinski definition) is 4. The average Bonchev–Trinajstić information content (AvgIpc) is 3.60. The maximum absolute atomic E-state index is 13.1. The molecule has 0 spiro atoms. The molecule has 4 aromatic rings. The maximum atomic E-state index is 13.1. The molecule has 0 aliphatic rings. The highest BCUT2D eigenvalue weighted by atomic mass is 16.5. The topological polar surface area (TPSA) is 157 Å². The first kappa shape index (κ1) is 30.4. The van der Waals surface area contributed by atoms with Gasteiger partial charge in [-0.05, 0) is 42.8 Å². The molecule has 4 amide bonds. The second-order valence-corrected chi connectivity index (χ2v) is 9.93. The minimum Gasteiger partial charge on any atom is -0.422 e. The summed E-state index contributed by atoms with van der Waals surface area (Å²) in [6, 6.07) is 11.2. The molecule has 3 aromatic heterocycles. The van der Waals surface area contributed by atoms with Gasteiger partial charge in [0.1, 0.15) is 22.8 Å². The van der Waals surface area contributed by atoms with Crippen LogP contribution in [0, 0.1) is 0 Å². The van der Waals surface area contributed by atoms with Crippen LogP contribution in [0.25, 0.3) is 0 Å². The van der Waals surface area contributed by atoms with Crippen molar-refractivity contribution >= 4 is 46.7 Å². The van der Waals surface area contributed by atoms with Gasteiger partial charge in [-0.1, -0.05) is 12.1 Å². The highest BCUT2D eigenvalue weighted by Crippen LogP contribution is 2.21. The fourth-order valence-electron chi connectivity index (χ4n) is 4.43. The summed E-state index contributed by atoms with van der Waals surface area (Å²) in [5, 5.41) is 10.9. The number of aromatic nitrogens is 3. The number of hydrogen-bond acceptors (Lipinski definition) is 6. The molecule has 0 aliphatic carbocycles.